The van der Waals surface area contributed by atoms with Gasteiger partial charge in [0.25, 0.3) is 0 Å². The molecular formula is C16H20FN3. The fourth-order valence-corrected chi connectivity index (χ4v) is 3.08. The van der Waals surface area contributed by atoms with Crippen molar-refractivity contribution in [3.63, 3.8) is 0 Å². The number of hydrogen-bond acceptors (Lipinski definition) is 3. The van der Waals surface area contributed by atoms with E-state index in [9.17, 15) is 4.39 Å². The van der Waals surface area contributed by atoms with Gasteiger partial charge in [-0.2, -0.15) is 0 Å². The molecule has 0 saturated carbocycles. The summed E-state index contributed by atoms with van der Waals surface area (Å²) < 4.78 is 13.8. The lowest BCUT2D eigenvalue weighted by molar-refractivity contribution is 0.316. The summed E-state index contributed by atoms with van der Waals surface area (Å²) >= 11 is 0. The first-order chi connectivity index (χ1) is 9.78. The Labute approximate surface area is 118 Å². The molecule has 1 atom stereocenters. The summed E-state index contributed by atoms with van der Waals surface area (Å²) in [5.41, 5.74) is 1.91. The lowest BCUT2D eigenvalue weighted by atomic mass is 10.1. The van der Waals surface area contributed by atoms with Crippen molar-refractivity contribution in [2.75, 3.05) is 26.7 Å². The van der Waals surface area contributed by atoms with Crippen LogP contribution >= 0.6 is 0 Å². The number of halogens is 1. The molecule has 0 amide bonds. The molecule has 1 aliphatic heterocycles. The molecule has 1 fully saturated rings. The van der Waals surface area contributed by atoms with Crippen LogP contribution in [0.1, 0.15) is 12.0 Å². The minimum atomic E-state index is -0.189. The Morgan fingerprint density at radius 2 is 2.30 bits per heavy atom. The number of fused-ring (bicyclic) bond motifs is 1. The molecule has 1 saturated heterocycles. The molecule has 1 aromatic carbocycles. The highest BCUT2D eigenvalue weighted by atomic mass is 19.1. The number of aromatic nitrogens is 1. The molecule has 1 aromatic heterocycles. The molecule has 0 radical (unpaired) electrons. The minimum absolute atomic E-state index is 0.189. The molecule has 1 N–H and O–H groups in total. The van der Waals surface area contributed by atoms with Gasteiger partial charge in [-0.25, -0.2) is 4.39 Å². The maximum absolute atomic E-state index is 13.8. The van der Waals surface area contributed by atoms with Gasteiger partial charge >= 0.3 is 0 Å². The SMILES string of the molecule is CNCC1CCN(Cc2ccc(F)c3cccnc23)C1. The van der Waals surface area contributed by atoms with Crippen LogP contribution in [0.2, 0.25) is 0 Å². The predicted octanol–water partition coefficient (Wildman–Crippen LogP) is 2.42. The molecule has 0 spiro atoms. The van der Waals surface area contributed by atoms with Gasteiger partial charge in [-0.05, 0) is 56.2 Å². The highest BCUT2D eigenvalue weighted by Crippen LogP contribution is 2.23. The maximum atomic E-state index is 13.8. The molecule has 1 unspecified atom stereocenters. The molecule has 20 heavy (non-hydrogen) atoms. The van der Waals surface area contributed by atoms with Crippen molar-refractivity contribution in [2.24, 2.45) is 5.92 Å². The topological polar surface area (TPSA) is 28.2 Å². The minimum Gasteiger partial charge on any atom is -0.319 e. The normalized spacial score (nSPS) is 19.8. The van der Waals surface area contributed by atoms with Gasteiger partial charge in [0, 0.05) is 24.7 Å². The molecule has 3 rings (SSSR count). The first kappa shape index (κ1) is 13.5. The van der Waals surface area contributed by atoms with Gasteiger partial charge in [0.15, 0.2) is 0 Å². The number of nitrogens with one attached hydrogen (secondary N) is 1. The van der Waals surface area contributed by atoms with Crippen LogP contribution in [-0.4, -0.2) is 36.6 Å². The van der Waals surface area contributed by atoms with E-state index in [0.29, 0.717) is 5.39 Å². The molecular weight excluding hydrogens is 253 g/mol. The van der Waals surface area contributed by atoms with Crippen LogP contribution < -0.4 is 5.32 Å². The summed E-state index contributed by atoms with van der Waals surface area (Å²) in [6.07, 6.45) is 2.96. The zero-order valence-electron chi connectivity index (χ0n) is 11.8. The van der Waals surface area contributed by atoms with Gasteiger partial charge in [0.2, 0.25) is 0 Å². The quantitative estimate of drug-likeness (QED) is 0.927. The Morgan fingerprint density at radius 1 is 1.40 bits per heavy atom. The molecule has 1 aliphatic rings. The Kier molecular flexibility index (Phi) is 3.94. The van der Waals surface area contributed by atoms with Gasteiger partial charge in [-0.15, -0.1) is 0 Å². The lowest BCUT2D eigenvalue weighted by Crippen LogP contribution is -2.24. The number of rotatable bonds is 4. The first-order valence-corrected chi connectivity index (χ1v) is 7.17. The second-order valence-electron chi connectivity index (χ2n) is 5.55. The number of pyridine rings is 1. The molecule has 0 aliphatic carbocycles. The summed E-state index contributed by atoms with van der Waals surface area (Å²) in [6, 6.07) is 7.01. The van der Waals surface area contributed by atoms with Gasteiger partial charge in [-0.1, -0.05) is 6.07 Å². The average molecular weight is 273 g/mol. The summed E-state index contributed by atoms with van der Waals surface area (Å²) in [7, 11) is 2.00. The van der Waals surface area contributed by atoms with Crippen LogP contribution in [0.15, 0.2) is 30.5 Å². The summed E-state index contributed by atoms with van der Waals surface area (Å²) in [4.78, 5) is 6.79. The van der Waals surface area contributed by atoms with Crippen molar-refractivity contribution in [3.05, 3.63) is 41.8 Å². The van der Waals surface area contributed by atoms with Crippen LogP contribution in [0, 0.1) is 11.7 Å². The Morgan fingerprint density at radius 3 is 3.15 bits per heavy atom. The van der Waals surface area contributed by atoms with Gasteiger partial charge < -0.3 is 5.32 Å². The molecule has 2 heterocycles. The summed E-state index contributed by atoms with van der Waals surface area (Å²) in [5.74, 6) is 0.533. The van der Waals surface area contributed by atoms with E-state index < -0.39 is 0 Å². The molecule has 2 aromatic rings. The van der Waals surface area contributed by atoms with E-state index in [-0.39, 0.29) is 5.82 Å². The van der Waals surface area contributed by atoms with Gasteiger partial charge in [-0.3, -0.25) is 9.88 Å². The van der Waals surface area contributed by atoms with E-state index in [0.717, 1.165) is 43.2 Å². The Balaban J connectivity index is 1.80. The largest absolute Gasteiger partial charge is 0.319 e. The van der Waals surface area contributed by atoms with E-state index in [1.54, 1.807) is 24.4 Å². The van der Waals surface area contributed by atoms with Crippen LogP contribution in [0.3, 0.4) is 0 Å². The zero-order chi connectivity index (χ0) is 13.9. The third-order valence-corrected chi connectivity index (χ3v) is 4.06. The Hall–Kier alpha value is -1.52. The average Bonchev–Trinajstić information content (AvgIpc) is 2.90. The second-order valence-corrected chi connectivity index (χ2v) is 5.55. The van der Waals surface area contributed by atoms with Crippen molar-refractivity contribution >= 4 is 10.9 Å². The lowest BCUT2D eigenvalue weighted by Gasteiger charge is -2.17. The van der Waals surface area contributed by atoms with E-state index in [2.05, 4.69) is 15.2 Å². The van der Waals surface area contributed by atoms with Gasteiger partial charge in [0.1, 0.15) is 5.82 Å². The van der Waals surface area contributed by atoms with Gasteiger partial charge in [0.05, 0.1) is 5.52 Å². The van der Waals surface area contributed by atoms with E-state index >= 15 is 0 Å². The Bertz CT molecular complexity index is 599. The highest BCUT2D eigenvalue weighted by Gasteiger charge is 2.22. The highest BCUT2D eigenvalue weighted by molar-refractivity contribution is 5.82. The smallest absolute Gasteiger partial charge is 0.132 e. The van der Waals surface area contributed by atoms with Crippen molar-refractivity contribution in [2.45, 2.75) is 13.0 Å². The summed E-state index contributed by atoms with van der Waals surface area (Å²) in [5, 5.41) is 3.86. The van der Waals surface area contributed by atoms with E-state index in [4.69, 9.17) is 0 Å². The third-order valence-electron chi connectivity index (χ3n) is 4.06. The third kappa shape index (κ3) is 2.67. The van der Waals surface area contributed by atoms with E-state index in [1.165, 1.54) is 6.42 Å². The molecule has 0 bridgehead atoms. The van der Waals surface area contributed by atoms with Crippen LogP contribution in [0.25, 0.3) is 10.9 Å². The van der Waals surface area contributed by atoms with E-state index in [1.807, 2.05) is 13.1 Å². The van der Waals surface area contributed by atoms with Crippen molar-refractivity contribution in [1.82, 2.24) is 15.2 Å². The standard InChI is InChI=1S/C16H20FN3/c1-18-9-12-6-8-20(10-12)11-13-4-5-15(17)14-3-2-7-19-16(13)14/h2-5,7,12,18H,6,8-11H2,1H3. The van der Waals surface area contributed by atoms with Crippen molar-refractivity contribution in [1.29, 1.82) is 0 Å². The van der Waals surface area contributed by atoms with Crippen LogP contribution in [0.5, 0.6) is 0 Å². The van der Waals surface area contributed by atoms with Crippen molar-refractivity contribution in [3.8, 4) is 0 Å². The van der Waals surface area contributed by atoms with Crippen molar-refractivity contribution < 1.29 is 4.39 Å². The number of hydrogen-bond donors (Lipinski definition) is 1. The fourth-order valence-electron chi connectivity index (χ4n) is 3.08. The van der Waals surface area contributed by atoms with Crippen LogP contribution in [-0.2, 0) is 6.54 Å². The molecule has 4 heteroatoms. The predicted molar refractivity (Wildman–Crippen MR) is 79.0 cm³/mol. The monoisotopic (exact) mass is 273 g/mol. The number of benzene rings is 1. The molecule has 3 nitrogen and oxygen atoms in total. The van der Waals surface area contributed by atoms with Crippen LogP contribution in [0.4, 0.5) is 4.39 Å². The maximum Gasteiger partial charge on any atom is 0.132 e. The fraction of sp³-hybridized carbons (Fsp3) is 0.438. The first-order valence-electron chi connectivity index (χ1n) is 7.17. The second kappa shape index (κ2) is 5.85. The number of nitrogens with zero attached hydrogens (tertiary/aromatic N) is 2. The zero-order valence-corrected chi connectivity index (χ0v) is 11.8. The summed E-state index contributed by atoms with van der Waals surface area (Å²) in [6.45, 7) is 4.14. The molecule has 106 valence electrons. The number of likely N-dealkylation sites (tertiary alicyclic amines) is 1.